The largest absolute Gasteiger partial charge is 0.493 e. The predicted octanol–water partition coefficient (Wildman–Crippen LogP) is 5.13. The smallest absolute Gasteiger partial charge is 0.408 e. The fourth-order valence-corrected chi connectivity index (χ4v) is 4.54. The van der Waals surface area contributed by atoms with Crippen LogP contribution in [0.2, 0.25) is 0 Å². The Hall–Kier alpha value is -5.31. The molecule has 0 unspecified atom stereocenters. The van der Waals surface area contributed by atoms with Crippen LogP contribution >= 0.6 is 0 Å². The van der Waals surface area contributed by atoms with Crippen molar-refractivity contribution in [1.82, 2.24) is 10.6 Å². The van der Waals surface area contributed by atoms with Crippen LogP contribution in [0.5, 0.6) is 11.5 Å². The van der Waals surface area contributed by atoms with Crippen molar-refractivity contribution in [3.8, 4) is 11.5 Å². The van der Waals surface area contributed by atoms with Gasteiger partial charge in [-0.25, -0.2) is 9.59 Å². The van der Waals surface area contributed by atoms with E-state index in [2.05, 4.69) is 10.6 Å². The average molecular weight is 597 g/mol. The maximum absolute atomic E-state index is 13.7. The van der Waals surface area contributed by atoms with E-state index in [0.29, 0.717) is 17.9 Å². The lowest BCUT2D eigenvalue weighted by Crippen LogP contribution is -2.52. The quantitative estimate of drug-likeness (QED) is 0.194. The number of esters is 1. The lowest BCUT2D eigenvalue weighted by molar-refractivity contribution is -0.124. The molecule has 0 spiro atoms. The molecule has 2 N–H and O–H groups in total. The van der Waals surface area contributed by atoms with Crippen LogP contribution in [-0.4, -0.2) is 50.9 Å². The van der Waals surface area contributed by atoms with Gasteiger partial charge in [0.1, 0.15) is 19.3 Å². The van der Waals surface area contributed by atoms with Gasteiger partial charge in [-0.1, -0.05) is 91.0 Å². The zero-order valence-corrected chi connectivity index (χ0v) is 24.7. The first-order chi connectivity index (χ1) is 21.4. The lowest BCUT2D eigenvalue weighted by atomic mass is 10.0. The van der Waals surface area contributed by atoms with Gasteiger partial charge in [0.2, 0.25) is 5.91 Å². The van der Waals surface area contributed by atoms with Crippen molar-refractivity contribution in [2.45, 2.75) is 31.5 Å². The average Bonchev–Trinajstić information content (AvgIpc) is 3.06. The highest BCUT2D eigenvalue weighted by molar-refractivity contribution is 5.90. The van der Waals surface area contributed by atoms with E-state index in [4.69, 9.17) is 18.9 Å². The summed E-state index contributed by atoms with van der Waals surface area (Å²) in [6.07, 6.45) is -0.0942. The molecular weight excluding hydrogens is 560 g/mol. The molecule has 2 atom stereocenters. The minimum atomic E-state index is -0.944. The molecule has 4 rings (SSSR count). The molecule has 0 aliphatic rings. The van der Waals surface area contributed by atoms with E-state index in [-0.39, 0.29) is 25.2 Å². The van der Waals surface area contributed by atoms with E-state index in [0.717, 1.165) is 16.7 Å². The van der Waals surface area contributed by atoms with E-state index in [1.54, 1.807) is 12.1 Å². The molecule has 0 aliphatic heterocycles. The highest BCUT2D eigenvalue weighted by Crippen LogP contribution is 2.27. The highest BCUT2D eigenvalue weighted by Gasteiger charge is 2.26. The van der Waals surface area contributed by atoms with Crippen LogP contribution in [0.15, 0.2) is 109 Å². The third-order valence-corrected chi connectivity index (χ3v) is 6.81. The second-order valence-electron chi connectivity index (χ2n) is 10.0. The van der Waals surface area contributed by atoms with Crippen molar-refractivity contribution in [3.63, 3.8) is 0 Å². The summed E-state index contributed by atoms with van der Waals surface area (Å²) >= 11 is 0. The van der Waals surface area contributed by atoms with Crippen LogP contribution in [0.4, 0.5) is 4.79 Å². The normalized spacial score (nSPS) is 11.9. The van der Waals surface area contributed by atoms with Crippen molar-refractivity contribution in [2.75, 3.05) is 20.8 Å². The first-order valence-corrected chi connectivity index (χ1v) is 14.2. The predicted molar refractivity (Wildman–Crippen MR) is 166 cm³/mol. The summed E-state index contributed by atoms with van der Waals surface area (Å²) in [7, 11) is 2.99. The standard InChI is InChI=1S/C35H36N2O7/c1-41-31-19-18-28(22-32(31)42-2)34(39)43-24-29(20-25-12-6-3-7-13-25)36-33(38)30(21-26-14-8-4-9-15-26)37-35(40)44-23-27-16-10-5-11-17-27/h3-19,22,29-30H,20-21,23-24H2,1-2H3,(H,36,38)(H,37,40)/t29-,30-/m0/s1. The van der Waals surface area contributed by atoms with Crippen molar-refractivity contribution < 1.29 is 33.3 Å². The van der Waals surface area contributed by atoms with Gasteiger partial charge >= 0.3 is 12.1 Å². The molecule has 0 saturated carbocycles. The van der Waals surface area contributed by atoms with Crippen molar-refractivity contribution in [1.29, 1.82) is 0 Å². The molecule has 44 heavy (non-hydrogen) atoms. The van der Waals surface area contributed by atoms with Gasteiger partial charge in [-0.2, -0.15) is 0 Å². The van der Waals surface area contributed by atoms with Gasteiger partial charge in [0.05, 0.1) is 25.8 Å². The molecule has 4 aromatic carbocycles. The molecule has 9 nitrogen and oxygen atoms in total. The third kappa shape index (κ3) is 9.62. The van der Waals surface area contributed by atoms with E-state index in [9.17, 15) is 14.4 Å². The monoisotopic (exact) mass is 596 g/mol. The Morgan fingerprint density at radius 3 is 1.80 bits per heavy atom. The molecule has 4 aromatic rings. The Morgan fingerprint density at radius 2 is 1.20 bits per heavy atom. The van der Waals surface area contributed by atoms with E-state index in [1.807, 2.05) is 91.0 Å². The number of carbonyl (C=O) groups is 3. The number of ether oxygens (including phenoxy) is 4. The van der Waals surface area contributed by atoms with Gasteiger partial charge in [0.15, 0.2) is 11.5 Å². The summed E-state index contributed by atoms with van der Waals surface area (Å²) in [5, 5.41) is 5.69. The Labute approximate surface area is 257 Å². The molecule has 228 valence electrons. The van der Waals surface area contributed by atoms with Crippen molar-refractivity contribution >= 4 is 18.0 Å². The van der Waals surface area contributed by atoms with E-state index >= 15 is 0 Å². The Morgan fingerprint density at radius 1 is 0.636 bits per heavy atom. The molecule has 0 radical (unpaired) electrons. The van der Waals surface area contributed by atoms with Gasteiger partial charge in [-0.3, -0.25) is 4.79 Å². The lowest BCUT2D eigenvalue weighted by Gasteiger charge is -2.24. The van der Waals surface area contributed by atoms with E-state index in [1.165, 1.54) is 20.3 Å². The summed E-state index contributed by atoms with van der Waals surface area (Å²) < 4.78 is 21.6. The number of hydrogen-bond acceptors (Lipinski definition) is 7. The first kappa shape index (κ1) is 31.6. The van der Waals surface area contributed by atoms with Crippen LogP contribution in [-0.2, 0) is 33.7 Å². The highest BCUT2D eigenvalue weighted by atomic mass is 16.5. The van der Waals surface area contributed by atoms with Crippen LogP contribution in [0.3, 0.4) is 0 Å². The molecule has 0 bridgehead atoms. The Bertz CT molecular complexity index is 1500. The fourth-order valence-electron chi connectivity index (χ4n) is 4.54. The second-order valence-corrected chi connectivity index (χ2v) is 10.0. The summed E-state index contributed by atoms with van der Waals surface area (Å²) in [6.45, 7) is -0.0423. The number of alkyl carbamates (subject to hydrolysis) is 1. The summed E-state index contributed by atoms with van der Waals surface area (Å²) in [5.41, 5.74) is 2.90. The summed E-state index contributed by atoms with van der Waals surface area (Å²) in [5.74, 6) is -0.141. The van der Waals surface area contributed by atoms with Crippen LogP contribution in [0.25, 0.3) is 0 Å². The van der Waals surface area contributed by atoms with Gasteiger partial charge in [-0.05, 0) is 41.3 Å². The number of carbonyl (C=O) groups excluding carboxylic acids is 3. The molecule has 0 fully saturated rings. The minimum absolute atomic E-state index is 0.0646. The van der Waals surface area contributed by atoms with Gasteiger partial charge in [0.25, 0.3) is 0 Å². The first-order valence-electron chi connectivity index (χ1n) is 14.2. The zero-order chi connectivity index (χ0) is 31.1. The van der Waals surface area contributed by atoms with Crippen molar-refractivity contribution in [2.24, 2.45) is 0 Å². The molecule has 0 saturated heterocycles. The summed E-state index contributed by atoms with van der Waals surface area (Å²) in [4.78, 5) is 39.4. The Kier molecular flexibility index (Phi) is 11.8. The van der Waals surface area contributed by atoms with Crippen LogP contribution in [0.1, 0.15) is 27.0 Å². The number of amides is 2. The third-order valence-electron chi connectivity index (χ3n) is 6.81. The Balaban J connectivity index is 1.47. The summed E-state index contributed by atoms with van der Waals surface area (Å²) in [6, 6.07) is 31.4. The number of methoxy groups -OCH3 is 2. The number of hydrogen-bond donors (Lipinski definition) is 2. The molecule has 0 aromatic heterocycles. The van der Waals surface area contributed by atoms with Gasteiger partial charge in [0, 0.05) is 6.42 Å². The number of benzene rings is 4. The van der Waals surface area contributed by atoms with Crippen molar-refractivity contribution in [3.05, 3.63) is 131 Å². The second kappa shape index (κ2) is 16.4. The van der Waals surface area contributed by atoms with Gasteiger partial charge < -0.3 is 29.6 Å². The number of nitrogens with one attached hydrogen (secondary N) is 2. The van der Waals surface area contributed by atoms with E-state index < -0.39 is 30.1 Å². The maximum atomic E-state index is 13.7. The maximum Gasteiger partial charge on any atom is 0.408 e. The van der Waals surface area contributed by atoms with Gasteiger partial charge in [-0.15, -0.1) is 0 Å². The number of rotatable bonds is 14. The molecular formula is C35H36N2O7. The SMILES string of the molecule is COc1ccc(C(=O)OC[C@H](Cc2ccccc2)NC(=O)[C@H](Cc2ccccc2)NC(=O)OCc2ccccc2)cc1OC. The molecule has 0 aliphatic carbocycles. The van der Waals surface area contributed by atoms with Crippen LogP contribution in [0, 0.1) is 0 Å². The zero-order valence-electron chi connectivity index (χ0n) is 24.7. The topological polar surface area (TPSA) is 112 Å². The minimum Gasteiger partial charge on any atom is -0.493 e. The molecule has 0 heterocycles. The fraction of sp³-hybridized carbons (Fsp3) is 0.229. The molecule has 9 heteroatoms. The molecule has 2 amide bonds. The van der Waals surface area contributed by atoms with Crippen LogP contribution < -0.4 is 20.1 Å².